The molecule has 0 radical (unpaired) electrons. The average Bonchev–Trinajstić information content (AvgIpc) is 3.18. The number of hydrogen-bond donors (Lipinski definition) is 3. The van der Waals surface area contributed by atoms with Crippen LogP contribution in [0.4, 0.5) is 16.2 Å². The van der Waals surface area contributed by atoms with E-state index in [-0.39, 0.29) is 11.8 Å². The van der Waals surface area contributed by atoms with Crippen molar-refractivity contribution in [3.63, 3.8) is 0 Å². The minimum absolute atomic E-state index is 0.212. The van der Waals surface area contributed by atoms with Gasteiger partial charge in [0, 0.05) is 30.4 Å². The molecule has 0 fully saturated rings. The summed E-state index contributed by atoms with van der Waals surface area (Å²) in [5.41, 5.74) is 9.38. The third kappa shape index (κ3) is 4.72. The molecule has 0 aliphatic carbocycles. The molecule has 3 aromatic heterocycles. The maximum atomic E-state index is 12.3. The van der Waals surface area contributed by atoms with Crippen molar-refractivity contribution >= 4 is 40.0 Å². The first kappa shape index (κ1) is 21.4. The highest BCUT2D eigenvalue weighted by molar-refractivity contribution is 5.94. The molecule has 0 spiro atoms. The van der Waals surface area contributed by atoms with E-state index in [1.54, 1.807) is 29.4 Å². The van der Waals surface area contributed by atoms with Crippen molar-refractivity contribution in [2.24, 2.45) is 5.73 Å². The summed E-state index contributed by atoms with van der Waals surface area (Å²) in [6.07, 6.45) is 5.74. The predicted octanol–water partition coefficient (Wildman–Crippen LogP) is 3.82. The zero-order valence-corrected chi connectivity index (χ0v) is 18.3. The van der Waals surface area contributed by atoms with E-state index >= 15 is 0 Å². The van der Waals surface area contributed by atoms with Gasteiger partial charge in [-0.05, 0) is 57.0 Å². The van der Waals surface area contributed by atoms with Crippen molar-refractivity contribution in [3.05, 3.63) is 54.1 Å². The Labute approximate surface area is 185 Å². The summed E-state index contributed by atoms with van der Waals surface area (Å²) in [7, 11) is 0. The number of aromatic nitrogens is 3. The van der Waals surface area contributed by atoms with Crippen LogP contribution in [0, 0.1) is 0 Å². The normalized spacial score (nSPS) is 14.2. The highest BCUT2D eigenvalue weighted by Crippen LogP contribution is 2.30. The number of anilines is 2. The zero-order valence-electron chi connectivity index (χ0n) is 18.3. The minimum atomic E-state index is -0.566. The van der Waals surface area contributed by atoms with Crippen LogP contribution in [0.3, 0.4) is 0 Å². The van der Waals surface area contributed by atoms with Crippen molar-refractivity contribution in [1.82, 2.24) is 19.9 Å². The largest absolute Gasteiger partial charge is 0.444 e. The number of carbonyl (C=O) groups is 2. The molecule has 0 aromatic carbocycles. The van der Waals surface area contributed by atoms with Crippen molar-refractivity contribution in [2.45, 2.75) is 32.8 Å². The number of carbonyl (C=O) groups excluding carboxylic acids is 2. The quantitative estimate of drug-likeness (QED) is 0.573. The molecular formula is C23H26N6O3. The molecule has 0 bridgehead atoms. The molecule has 4 heterocycles. The lowest BCUT2D eigenvalue weighted by molar-refractivity contribution is 0.0270. The molecule has 0 saturated heterocycles. The van der Waals surface area contributed by atoms with Gasteiger partial charge in [0.05, 0.1) is 17.6 Å². The molecule has 2 amide bonds. The molecule has 166 valence electrons. The van der Waals surface area contributed by atoms with Gasteiger partial charge >= 0.3 is 6.09 Å². The number of hydrogen-bond acceptors (Lipinski definition) is 6. The first-order valence-corrected chi connectivity index (χ1v) is 10.4. The Bertz CT molecular complexity index is 1190. The van der Waals surface area contributed by atoms with E-state index < -0.39 is 11.5 Å². The number of fused-ring (bicyclic) bond motifs is 1. The monoisotopic (exact) mass is 434 g/mol. The van der Waals surface area contributed by atoms with Crippen LogP contribution in [0.5, 0.6) is 0 Å². The van der Waals surface area contributed by atoms with Crippen LogP contribution in [-0.2, 0) is 4.74 Å². The van der Waals surface area contributed by atoms with Crippen LogP contribution in [-0.4, -0.2) is 50.5 Å². The van der Waals surface area contributed by atoms with E-state index in [9.17, 15) is 9.59 Å². The number of ether oxygens (including phenoxy) is 1. The van der Waals surface area contributed by atoms with Crippen molar-refractivity contribution in [2.75, 3.05) is 18.4 Å². The molecule has 9 nitrogen and oxygen atoms in total. The Morgan fingerprint density at radius 3 is 2.66 bits per heavy atom. The number of pyridine rings is 2. The molecule has 4 N–H and O–H groups in total. The SMILES string of the molecule is CC(C)(C)OC(=O)N1CC=C(c2cc3c(Nc4ccc(C(N)=O)nc4)ccnc3[nH]2)CC1. The Morgan fingerprint density at radius 2 is 2.03 bits per heavy atom. The van der Waals surface area contributed by atoms with Gasteiger partial charge in [-0.1, -0.05) is 6.08 Å². The second kappa shape index (κ2) is 8.33. The Kier molecular flexibility index (Phi) is 5.56. The first-order chi connectivity index (χ1) is 15.2. The number of nitrogens with two attached hydrogens (primary N) is 1. The lowest BCUT2D eigenvalue weighted by atomic mass is 10.0. The van der Waals surface area contributed by atoms with E-state index in [1.807, 2.05) is 39.0 Å². The minimum Gasteiger partial charge on any atom is -0.444 e. The molecule has 0 unspecified atom stereocenters. The molecule has 0 atom stereocenters. The van der Waals surface area contributed by atoms with Crippen LogP contribution >= 0.6 is 0 Å². The van der Waals surface area contributed by atoms with Gasteiger partial charge in [-0.15, -0.1) is 0 Å². The lowest BCUT2D eigenvalue weighted by Gasteiger charge is -2.29. The summed E-state index contributed by atoms with van der Waals surface area (Å²) < 4.78 is 5.46. The van der Waals surface area contributed by atoms with Crippen molar-refractivity contribution < 1.29 is 14.3 Å². The number of H-pyrrole nitrogens is 1. The molecule has 3 aromatic rings. The van der Waals surface area contributed by atoms with Gasteiger partial charge in [0.1, 0.15) is 16.9 Å². The molecule has 32 heavy (non-hydrogen) atoms. The summed E-state index contributed by atoms with van der Waals surface area (Å²) in [5.74, 6) is -0.566. The van der Waals surface area contributed by atoms with E-state index in [2.05, 4.69) is 20.3 Å². The number of rotatable bonds is 4. The summed E-state index contributed by atoms with van der Waals surface area (Å²) in [5, 5.41) is 4.24. The molecule has 4 rings (SSSR count). The van der Waals surface area contributed by atoms with Crippen molar-refractivity contribution in [3.8, 4) is 0 Å². The van der Waals surface area contributed by atoms with Gasteiger partial charge in [0.25, 0.3) is 5.91 Å². The van der Waals surface area contributed by atoms with Crippen LogP contribution in [0.15, 0.2) is 42.7 Å². The number of nitrogens with one attached hydrogen (secondary N) is 2. The second-order valence-electron chi connectivity index (χ2n) is 8.63. The fourth-order valence-corrected chi connectivity index (χ4v) is 3.48. The number of aromatic amines is 1. The fraction of sp³-hybridized carbons (Fsp3) is 0.304. The standard InChI is InChI=1S/C23H26N6O3/c1-23(2,3)32-22(31)29-10-7-14(8-11-29)19-12-16-17(6-9-25-21(16)28-19)27-15-4-5-18(20(24)30)26-13-15/h4-7,9,12-13H,8,10-11H2,1-3H3,(H2,24,30)(H2,25,27,28). The number of primary amides is 1. The molecule has 1 aliphatic rings. The average molecular weight is 435 g/mol. The topological polar surface area (TPSA) is 126 Å². The first-order valence-electron chi connectivity index (χ1n) is 10.4. The van der Waals surface area contributed by atoms with E-state index in [1.165, 1.54) is 0 Å². The van der Waals surface area contributed by atoms with E-state index in [4.69, 9.17) is 10.5 Å². The Hall–Kier alpha value is -3.88. The summed E-state index contributed by atoms with van der Waals surface area (Å²) in [4.78, 5) is 37.1. The van der Waals surface area contributed by atoms with Gasteiger partial charge in [-0.2, -0.15) is 0 Å². The summed E-state index contributed by atoms with van der Waals surface area (Å²) in [6.45, 7) is 6.67. The maximum absolute atomic E-state index is 12.3. The van der Waals surface area contributed by atoms with Gasteiger partial charge < -0.3 is 25.7 Å². The molecule has 1 aliphatic heterocycles. The third-order valence-corrected chi connectivity index (χ3v) is 5.03. The van der Waals surface area contributed by atoms with Gasteiger partial charge in [-0.3, -0.25) is 4.79 Å². The van der Waals surface area contributed by atoms with E-state index in [0.29, 0.717) is 19.5 Å². The summed E-state index contributed by atoms with van der Waals surface area (Å²) in [6, 6.07) is 7.25. The predicted molar refractivity (Wildman–Crippen MR) is 123 cm³/mol. The smallest absolute Gasteiger partial charge is 0.410 e. The Balaban J connectivity index is 1.52. The maximum Gasteiger partial charge on any atom is 0.410 e. The zero-order chi connectivity index (χ0) is 22.9. The molecular weight excluding hydrogens is 408 g/mol. The van der Waals surface area contributed by atoms with Crippen LogP contribution in [0.2, 0.25) is 0 Å². The van der Waals surface area contributed by atoms with E-state index in [0.717, 1.165) is 33.7 Å². The highest BCUT2D eigenvalue weighted by atomic mass is 16.6. The summed E-state index contributed by atoms with van der Waals surface area (Å²) >= 11 is 0. The van der Waals surface area contributed by atoms with Crippen LogP contribution in [0.1, 0.15) is 43.4 Å². The number of nitrogens with zero attached hydrogens (tertiary/aromatic N) is 3. The van der Waals surface area contributed by atoms with Crippen molar-refractivity contribution in [1.29, 1.82) is 0 Å². The van der Waals surface area contributed by atoms with Gasteiger partial charge in [0.2, 0.25) is 0 Å². The lowest BCUT2D eigenvalue weighted by Crippen LogP contribution is -2.39. The van der Waals surface area contributed by atoms with Crippen LogP contribution < -0.4 is 11.1 Å². The molecule has 0 saturated carbocycles. The van der Waals surface area contributed by atoms with Gasteiger partial charge in [0.15, 0.2) is 0 Å². The number of amides is 2. The van der Waals surface area contributed by atoms with Crippen LogP contribution in [0.25, 0.3) is 16.6 Å². The van der Waals surface area contributed by atoms with Gasteiger partial charge in [-0.25, -0.2) is 14.8 Å². The Morgan fingerprint density at radius 1 is 1.22 bits per heavy atom. The highest BCUT2D eigenvalue weighted by Gasteiger charge is 2.24. The second-order valence-corrected chi connectivity index (χ2v) is 8.63. The fourth-order valence-electron chi connectivity index (χ4n) is 3.48. The molecule has 9 heteroatoms. The third-order valence-electron chi connectivity index (χ3n) is 5.03.